The Bertz CT molecular complexity index is 1670. The van der Waals surface area contributed by atoms with Gasteiger partial charge in [-0.2, -0.15) is 0 Å². The number of nitrogens with one attached hydrogen (secondary N) is 1. The zero-order valence-corrected chi connectivity index (χ0v) is 26.4. The number of aliphatic hydroxyl groups is 1. The maximum Gasteiger partial charge on any atom is 0.323 e. The largest absolute Gasteiger partial charge is 0.459 e. The second-order valence-corrected chi connectivity index (χ2v) is 12.9. The second-order valence-electron chi connectivity index (χ2n) is 12.9. The zero-order chi connectivity index (χ0) is 32.3. The highest BCUT2D eigenvalue weighted by molar-refractivity contribution is 6.03. The van der Waals surface area contributed by atoms with Crippen molar-refractivity contribution in [2.75, 3.05) is 18.4 Å². The number of nitrogens with zero attached hydrogens (tertiary/aromatic N) is 3. The molecule has 0 aliphatic carbocycles. The molecule has 0 radical (unpaired) electrons. The van der Waals surface area contributed by atoms with E-state index in [0.717, 1.165) is 41.6 Å². The summed E-state index contributed by atoms with van der Waals surface area (Å²) < 4.78 is 18.8. The number of fused-ring (bicyclic) bond motifs is 1. The monoisotopic (exact) mass is 624 g/mol. The minimum atomic E-state index is -0.667. The van der Waals surface area contributed by atoms with Gasteiger partial charge in [-0.15, -0.1) is 0 Å². The molecule has 6 rings (SSSR count). The van der Waals surface area contributed by atoms with Gasteiger partial charge in [-0.3, -0.25) is 19.5 Å². The van der Waals surface area contributed by atoms with Crippen molar-refractivity contribution >= 4 is 28.6 Å². The van der Waals surface area contributed by atoms with Crippen molar-refractivity contribution in [1.82, 2.24) is 14.9 Å². The molecule has 46 heavy (non-hydrogen) atoms. The molecule has 2 saturated heterocycles. The fourth-order valence-electron chi connectivity index (χ4n) is 5.96. The molecule has 1 amide bonds. The Labute approximate surface area is 268 Å². The van der Waals surface area contributed by atoms with Gasteiger partial charge in [0.15, 0.2) is 6.29 Å². The van der Waals surface area contributed by atoms with Gasteiger partial charge in [0.1, 0.15) is 17.3 Å². The number of hydrogen-bond donors (Lipinski definition) is 2. The third-order valence-electron chi connectivity index (χ3n) is 8.22. The summed E-state index contributed by atoms with van der Waals surface area (Å²) in [6.07, 6.45) is 2.61. The summed E-state index contributed by atoms with van der Waals surface area (Å²) in [6, 6.07) is 22.2. The van der Waals surface area contributed by atoms with E-state index >= 15 is 0 Å². The van der Waals surface area contributed by atoms with Crippen LogP contribution in [0.4, 0.5) is 5.69 Å². The molecular weight excluding hydrogens is 584 g/mol. The van der Waals surface area contributed by atoms with Gasteiger partial charge in [0, 0.05) is 24.2 Å². The summed E-state index contributed by atoms with van der Waals surface area (Å²) in [5.41, 5.74) is 4.27. The van der Waals surface area contributed by atoms with Gasteiger partial charge in [0.2, 0.25) is 0 Å². The number of aromatic nitrogens is 2. The van der Waals surface area contributed by atoms with Gasteiger partial charge in [-0.1, -0.05) is 48.5 Å². The lowest BCUT2D eigenvalue weighted by molar-refractivity contribution is -0.253. The first-order chi connectivity index (χ1) is 22.1. The van der Waals surface area contributed by atoms with Gasteiger partial charge in [0.05, 0.1) is 36.0 Å². The van der Waals surface area contributed by atoms with Crippen LogP contribution in [0.25, 0.3) is 11.0 Å². The van der Waals surface area contributed by atoms with Crippen LogP contribution in [0.5, 0.6) is 0 Å². The van der Waals surface area contributed by atoms with Gasteiger partial charge in [0.25, 0.3) is 5.91 Å². The Morgan fingerprint density at radius 3 is 2.41 bits per heavy atom. The van der Waals surface area contributed by atoms with Gasteiger partial charge >= 0.3 is 5.97 Å². The number of carbonyl (C=O) groups is 2. The minimum Gasteiger partial charge on any atom is -0.459 e. The van der Waals surface area contributed by atoms with Gasteiger partial charge in [-0.25, -0.2) is 4.98 Å². The summed E-state index contributed by atoms with van der Waals surface area (Å²) in [4.78, 5) is 36.9. The van der Waals surface area contributed by atoms with Gasteiger partial charge < -0.3 is 24.6 Å². The zero-order valence-electron chi connectivity index (χ0n) is 26.4. The maximum absolute atomic E-state index is 13.0. The van der Waals surface area contributed by atoms with E-state index in [-0.39, 0.29) is 42.4 Å². The molecule has 10 heteroatoms. The lowest BCUT2D eigenvalue weighted by atomic mass is 9.99. The van der Waals surface area contributed by atoms with Crippen molar-refractivity contribution in [3.8, 4) is 0 Å². The summed E-state index contributed by atoms with van der Waals surface area (Å²) in [5.74, 6) is -0.551. The summed E-state index contributed by atoms with van der Waals surface area (Å²) in [5, 5.41) is 12.4. The lowest BCUT2D eigenvalue weighted by Gasteiger charge is -2.38. The first-order valence-electron chi connectivity index (χ1n) is 15.8. The average Bonchev–Trinajstić information content (AvgIpc) is 3.52. The molecule has 0 bridgehead atoms. The highest BCUT2D eigenvalue weighted by atomic mass is 16.7. The van der Waals surface area contributed by atoms with Crippen molar-refractivity contribution in [3.05, 3.63) is 101 Å². The molecule has 2 aliphatic rings. The second kappa shape index (κ2) is 13.6. The molecule has 3 aromatic carbocycles. The van der Waals surface area contributed by atoms with Crippen molar-refractivity contribution in [2.24, 2.45) is 0 Å². The molecule has 2 fully saturated rings. The highest BCUT2D eigenvalue weighted by Gasteiger charge is 2.39. The predicted molar refractivity (Wildman–Crippen MR) is 173 cm³/mol. The van der Waals surface area contributed by atoms with Crippen molar-refractivity contribution in [3.63, 3.8) is 0 Å². The molecule has 0 saturated carbocycles. The van der Waals surface area contributed by atoms with E-state index in [1.807, 2.05) is 93.6 Å². The van der Waals surface area contributed by atoms with Crippen LogP contribution in [-0.2, 0) is 25.6 Å². The molecule has 0 unspecified atom stereocenters. The number of likely N-dealkylation sites (tertiary alicyclic amines) is 1. The normalized spacial score (nSPS) is 22.1. The minimum absolute atomic E-state index is 0.0303. The van der Waals surface area contributed by atoms with E-state index in [2.05, 4.69) is 20.2 Å². The van der Waals surface area contributed by atoms with Crippen LogP contribution in [0.3, 0.4) is 0 Å². The number of anilines is 1. The molecule has 10 nitrogen and oxygen atoms in total. The molecule has 240 valence electrons. The first-order valence-corrected chi connectivity index (χ1v) is 15.8. The third-order valence-corrected chi connectivity index (χ3v) is 8.22. The number of esters is 1. The van der Waals surface area contributed by atoms with Crippen LogP contribution in [-0.4, -0.2) is 62.7 Å². The van der Waals surface area contributed by atoms with Gasteiger partial charge in [-0.05, 0) is 75.5 Å². The van der Waals surface area contributed by atoms with Crippen LogP contribution in [0.1, 0.15) is 79.6 Å². The van der Waals surface area contributed by atoms with Crippen LogP contribution >= 0.6 is 0 Å². The van der Waals surface area contributed by atoms with E-state index in [0.29, 0.717) is 24.2 Å². The van der Waals surface area contributed by atoms with E-state index in [9.17, 15) is 14.7 Å². The Morgan fingerprint density at radius 1 is 0.978 bits per heavy atom. The van der Waals surface area contributed by atoms with Crippen molar-refractivity contribution in [2.45, 2.75) is 76.8 Å². The fraction of sp³-hybridized carbons (Fsp3) is 0.389. The topological polar surface area (TPSA) is 123 Å². The molecule has 4 aromatic rings. The summed E-state index contributed by atoms with van der Waals surface area (Å²) in [6.45, 7) is 6.99. The van der Waals surface area contributed by atoms with Crippen LogP contribution < -0.4 is 5.32 Å². The SMILES string of the molecule is CC(C)(C)OC(=O)[C@@H]1CCCN1C[C@@H]1C[C@H](c2ccc(CO)cc2)O[C@H](c2ccc(NC(=O)c3cnc4ccccc4n3)cc2)O1. The Kier molecular flexibility index (Phi) is 9.42. The van der Waals surface area contributed by atoms with Crippen LogP contribution in [0.15, 0.2) is 79.0 Å². The fourth-order valence-corrected chi connectivity index (χ4v) is 5.96. The number of carbonyl (C=O) groups excluding carboxylic acids is 2. The molecule has 1 aromatic heterocycles. The van der Waals surface area contributed by atoms with Crippen molar-refractivity contribution in [1.29, 1.82) is 0 Å². The molecule has 3 heterocycles. The number of benzene rings is 3. The van der Waals surface area contributed by atoms with E-state index < -0.39 is 11.9 Å². The Balaban J connectivity index is 1.18. The number of amides is 1. The summed E-state index contributed by atoms with van der Waals surface area (Å²) in [7, 11) is 0. The number of ether oxygens (including phenoxy) is 3. The molecule has 2 aliphatic heterocycles. The Hall–Kier alpha value is -4.22. The van der Waals surface area contributed by atoms with Crippen molar-refractivity contribution < 1.29 is 28.9 Å². The van der Waals surface area contributed by atoms with E-state index in [1.54, 1.807) is 0 Å². The first kappa shape index (κ1) is 31.7. The Morgan fingerprint density at radius 2 is 1.70 bits per heavy atom. The van der Waals surface area contributed by atoms with Crippen LogP contribution in [0, 0.1) is 0 Å². The standard InChI is InChI=1S/C36H40N4O6/c1-36(2,3)46-34(43)31-9-6-18-40(31)21-27-19-32(24-12-10-23(22-41)11-13-24)45-35(44-27)25-14-16-26(17-15-25)38-33(42)30-20-37-28-7-4-5-8-29(28)39-30/h4-5,7-8,10-17,20,27,31-32,35,41H,6,9,18-19,21-22H2,1-3H3,(H,38,42)/t27-,31-,32+,35+/m0/s1. The quantitative estimate of drug-likeness (QED) is 0.237. The molecular formula is C36H40N4O6. The maximum atomic E-state index is 13.0. The van der Waals surface area contributed by atoms with E-state index in [1.165, 1.54) is 6.20 Å². The molecule has 4 atom stereocenters. The lowest BCUT2D eigenvalue weighted by Crippen LogP contribution is -2.45. The third kappa shape index (κ3) is 7.59. The molecule has 0 spiro atoms. The smallest absolute Gasteiger partial charge is 0.323 e. The number of aliphatic hydroxyl groups excluding tert-OH is 1. The highest BCUT2D eigenvalue weighted by Crippen LogP contribution is 2.39. The number of hydrogen-bond acceptors (Lipinski definition) is 9. The number of para-hydroxylation sites is 2. The number of rotatable bonds is 8. The molecule has 2 N–H and O–H groups in total. The van der Waals surface area contributed by atoms with E-state index in [4.69, 9.17) is 14.2 Å². The summed E-state index contributed by atoms with van der Waals surface area (Å²) >= 11 is 0. The predicted octanol–water partition coefficient (Wildman–Crippen LogP) is 5.73. The average molecular weight is 625 g/mol. The van der Waals surface area contributed by atoms with Crippen LogP contribution in [0.2, 0.25) is 0 Å².